The maximum Gasteiger partial charge on any atom is 0.341 e. The molecule has 0 aliphatic heterocycles. The normalized spacial score (nSPS) is 10.1. The number of carbonyl (C=O) groups is 1. The molecule has 4 nitrogen and oxygen atoms in total. The number of halogens is 1. The summed E-state index contributed by atoms with van der Waals surface area (Å²) in [6, 6.07) is 2.97. The highest BCUT2D eigenvalue weighted by molar-refractivity contribution is 6.33. The number of methoxy groups -OCH3 is 1. The Morgan fingerprint density at radius 2 is 2.18 bits per heavy atom. The van der Waals surface area contributed by atoms with Gasteiger partial charge in [0.25, 0.3) is 0 Å². The van der Waals surface area contributed by atoms with E-state index in [0.717, 1.165) is 12.8 Å². The van der Waals surface area contributed by atoms with E-state index < -0.39 is 5.97 Å². The molecule has 0 heterocycles. The Labute approximate surface area is 106 Å². The Morgan fingerprint density at radius 3 is 2.76 bits per heavy atom. The van der Waals surface area contributed by atoms with Gasteiger partial charge in [0.05, 0.1) is 24.4 Å². The first kappa shape index (κ1) is 13.6. The van der Waals surface area contributed by atoms with Crippen LogP contribution in [-0.2, 0) is 4.74 Å². The van der Waals surface area contributed by atoms with Crippen LogP contribution in [0.2, 0.25) is 5.02 Å². The predicted molar refractivity (Wildman–Crippen MR) is 67.6 cm³/mol. The fourth-order valence-corrected chi connectivity index (χ4v) is 1.45. The number of nitrogen functional groups attached to an aromatic ring is 1. The van der Waals surface area contributed by atoms with Crippen molar-refractivity contribution >= 4 is 23.3 Å². The van der Waals surface area contributed by atoms with Crippen molar-refractivity contribution in [2.24, 2.45) is 0 Å². The second-order valence-electron chi connectivity index (χ2n) is 3.56. The summed E-state index contributed by atoms with van der Waals surface area (Å²) in [6.45, 7) is 2.41. The second-order valence-corrected chi connectivity index (χ2v) is 3.97. The summed E-state index contributed by atoms with van der Waals surface area (Å²) < 4.78 is 10.2. The van der Waals surface area contributed by atoms with Gasteiger partial charge in [-0.1, -0.05) is 24.9 Å². The van der Waals surface area contributed by atoms with Gasteiger partial charge in [0, 0.05) is 6.07 Å². The summed E-state index contributed by atoms with van der Waals surface area (Å²) in [5.74, 6) is -0.0781. The number of benzene rings is 1. The molecule has 1 aromatic rings. The van der Waals surface area contributed by atoms with E-state index in [1.807, 2.05) is 6.92 Å². The van der Waals surface area contributed by atoms with Crippen molar-refractivity contribution in [2.75, 3.05) is 19.5 Å². The molecule has 0 aromatic heterocycles. The molecule has 0 unspecified atom stereocenters. The van der Waals surface area contributed by atoms with E-state index in [1.54, 1.807) is 0 Å². The van der Waals surface area contributed by atoms with Crippen LogP contribution in [0.1, 0.15) is 30.1 Å². The van der Waals surface area contributed by atoms with E-state index in [4.69, 9.17) is 26.8 Å². The van der Waals surface area contributed by atoms with Crippen molar-refractivity contribution in [3.63, 3.8) is 0 Å². The Kier molecular flexibility index (Phi) is 5.10. The summed E-state index contributed by atoms with van der Waals surface area (Å²) in [5, 5.41) is 0.313. The summed E-state index contributed by atoms with van der Waals surface area (Å²) >= 11 is 5.86. The molecule has 0 spiro atoms. The zero-order chi connectivity index (χ0) is 12.8. The zero-order valence-electron chi connectivity index (χ0n) is 9.96. The molecule has 0 radical (unpaired) electrons. The highest BCUT2D eigenvalue weighted by Crippen LogP contribution is 2.29. The molecule has 1 aromatic carbocycles. The number of carbonyl (C=O) groups excluding carboxylic acids is 1. The van der Waals surface area contributed by atoms with Crippen LogP contribution in [0.25, 0.3) is 0 Å². The van der Waals surface area contributed by atoms with Crippen LogP contribution in [-0.4, -0.2) is 19.7 Å². The van der Waals surface area contributed by atoms with Gasteiger partial charge in [-0.2, -0.15) is 0 Å². The molecule has 5 heteroatoms. The number of hydrogen-bond donors (Lipinski definition) is 1. The number of unbranched alkanes of at least 4 members (excludes halogenated alkanes) is 1. The van der Waals surface area contributed by atoms with Crippen LogP contribution < -0.4 is 10.5 Å². The van der Waals surface area contributed by atoms with E-state index in [9.17, 15) is 4.79 Å². The number of anilines is 1. The van der Waals surface area contributed by atoms with Crippen molar-refractivity contribution in [3.05, 3.63) is 22.7 Å². The standard InChI is InChI=1S/C12H16ClNO3/c1-3-4-5-17-12(15)8-6-9(13)10(14)7-11(8)16-2/h6-7H,3-5,14H2,1-2H3. The Balaban J connectivity index is 2.88. The van der Waals surface area contributed by atoms with Crippen LogP contribution in [0.15, 0.2) is 12.1 Å². The molecular weight excluding hydrogens is 242 g/mol. The maximum absolute atomic E-state index is 11.8. The number of esters is 1. The molecule has 94 valence electrons. The molecule has 0 bridgehead atoms. The first-order valence-electron chi connectivity index (χ1n) is 5.40. The summed E-state index contributed by atoms with van der Waals surface area (Å²) in [6.07, 6.45) is 1.80. The van der Waals surface area contributed by atoms with Gasteiger partial charge in [0.1, 0.15) is 11.3 Å². The molecule has 0 amide bonds. The monoisotopic (exact) mass is 257 g/mol. The zero-order valence-corrected chi connectivity index (χ0v) is 10.7. The minimum Gasteiger partial charge on any atom is -0.496 e. The smallest absolute Gasteiger partial charge is 0.341 e. The first-order valence-corrected chi connectivity index (χ1v) is 5.78. The Morgan fingerprint density at radius 1 is 1.47 bits per heavy atom. The number of ether oxygens (including phenoxy) is 2. The van der Waals surface area contributed by atoms with E-state index in [1.165, 1.54) is 19.2 Å². The van der Waals surface area contributed by atoms with E-state index >= 15 is 0 Å². The van der Waals surface area contributed by atoms with Crippen molar-refractivity contribution in [2.45, 2.75) is 19.8 Å². The molecular formula is C12H16ClNO3. The highest BCUT2D eigenvalue weighted by Gasteiger charge is 2.16. The quantitative estimate of drug-likeness (QED) is 0.501. The first-order chi connectivity index (χ1) is 8.10. The minimum atomic E-state index is -0.447. The van der Waals surface area contributed by atoms with Gasteiger partial charge in [-0.05, 0) is 12.5 Å². The van der Waals surface area contributed by atoms with Gasteiger partial charge >= 0.3 is 5.97 Å². The Bertz CT molecular complexity index is 407. The van der Waals surface area contributed by atoms with Crippen molar-refractivity contribution in [1.82, 2.24) is 0 Å². The summed E-state index contributed by atoms with van der Waals surface area (Å²) in [4.78, 5) is 11.8. The Hall–Kier alpha value is -1.42. The number of nitrogens with two attached hydrogens (primary N) is 1. The average molecular weight is 258 g/mol. The summed E-state index contributed by atoms with van der Waals surface area (Å²) in [7, 11) is 1.46. The van der Waals surface area contributed by atoms with Gasteiger partial charge in [0.15, 0.2) is 0 Å². The van der Waals surface area contributed by atoms with Gasteiger partial charge in [0.2, 0.25) is 0 Å². The predicted octanol–water partition coefficient (Wildman–Crippen LogP) is 2.89. The molecule has 0 fully saturated rings. The minimum absolute atomic E-state index is 0.294. The lowest BCUT2D eigenvalue weighted by Crippen LogP contribution is -2.08. The van der Waals surface area contributed by atoms with E-state index in [0.29, 0.717) is 28.6 Å². The number of rotatable bonds is 5. The van der Waals surface area contributed by atoms with Crippen LogP contribution in [0.5, 0.6) is 5.75 Å². The molecule has 0 aliphatic carbocycles. The van der Waals surface area contributed by atoms with Crippen molar-refractivity contribution in [3.8, 4) is 5.75 Å². The van der Waals surface area contributed by atoms with Crippen molar-refractivity contribution in [1.29, 1.82) is 0 Å². The molecule has 0 saturated heterocycles. The lowest BCUT2D eigenvalue weighted by molar-refractivity contribution is 0.0496. The lowest BCUT2D eigenvalue weighted by atomic mass is 10.2. The van der Waals surface area contributed by atoms with E-state index in [-0.39, 0.29) is 0 Å². The van der Waals surface area contributed by atoms with Crippen LogP contribution >= 0.6 is 11.6 Å². The van der Waals surface area contributed by atoms with E-state index in [2.05, 4.69) is 0 Å². The third-order valence-corrected chi connectivity index (χ3v) is 2.60. The third-order valence-electron chi connectivity index (χ3n) is 2.27. The van der Waals surface area contributed by atoms with Crippen LogP contribution in [0.4, 0.5) is 5.69 Å². The fraction of sp³-hybridized carbons (Fsp3) is 0.417. The molecule has 17 heavy (non-hydrogen) atoms. The second kappa shape index (κ2) is 6.35. The van der Waals surface area contributed by atoms with Gasteiger partial charge in [-0.15, -0.1) is 0 Å². The molecule has 0 atom stereocenters. The maximum atomic E-state index is 11.8. The van der Waals surface area contributed by atoms with Crippen molar-refractivity contribution < 1.29 is 14.3 Å². The molecule has 1 rings (SSSR count). The van der Waals surface area contributed by atoms with Gasteiger partial charge in [-0.3, -0.25) is 0 Å². The fourth-order valence-electron chi connectivity index (χ4n) is 1.28. The summed E-state index contributed by atoms with van der Waals surface area (Å²) in [5.41, 5.74) is 6.29. The lowest BCUT2D eigenvalue weighted by Gasteiger charge is -2.10. The van der Waals surface area contributed by atoms with Gasteiger partial charge in [-0.25, -0.2) is 4.79 Å². The SMILES string of the molecule is CCCCOC(=O)c1cc(Cl)c(N)cc1OC. The average Bonchev–Trinajstić information content (AvgIpc) is 2.32. The molecule has 2 N–H and O–H groups in total. The molecule has 0 saturated carbocycles. The third kappa shape index (κ3) is 3.53. The highest BCUT2D eigenvalue weighted by atomic mass is 35.5. The van der Waals surface area contributed by atoms with Crippen LogP contribution in [0.3, 0.4) is 0 Å². The number of hydrogen-bond acceptors (Lipinski definition) is 4. The van der Waals surface area contributed by atoms with Gasteiger partial charge < -0.3 is 15.2 Å². The topological polar surface area (TPSA) is 61.5 Å². The largest absolute Gasteiger partial charge is 0.496 e. The van der Waals surface area contributed by atoms with Crippen LogP contribution in [0, 0.1) is 0 Å². The molecule has 0 aliphatic rings.